The molecule has 0 aliphatic heterocycles. The van der Waals surface area contributed by atoms with E-state index in [2.05, 4.69) is 10.1 Å². The van der Waals surface area contributed by atoms with Crippen LogP contribution in [0.2, 0.25) is 10.0 Å². The average molecular weight is 403 g/mol. The zero-order valence-electron chi connectivity index (χ0n) is 14.4. The number of ether oxygens (including phenoxy) is 1. The molecule has 6 nitrogen and oxygen atoms in total. The van der Waals surface area contributed by atoms with Crippen LogP contribution in [0.3, 0.4) is 0 Å². The van der Waals surface area contributed by atoms with Crippen LogP contribution in [-0.4, -0.2) is 22.1 Å². The van der Waals surface area contributed by atoms with Crippen molar-refractivity contribution in [2.24, 2.45) is 5.11 Å². The second-order valence-electron chi connectivity index (χ2n) is 5.56. The van der Waals surface area contributed by atoms with Gasteiger partial charge in [0.05, 0.1) is 17.3 Å². The van der Waals surface area contributed by atoms with Gasteiger partial charge in [-0.25, -0.2) is 15.3 Å². The van der Waals surface area contributed by atoms with Crippen molar-refractivity contribution in [2.75, 3.05) is 6.61 Å². The van der Waals surface area contributed by atoms with E-state index in [1.807, 2.05) is 18.2 Å². The van der Waals surface area contributed by atoms with Gasteiger partial charge in [0.25, 0.3) is 0 Å². The molecule has 0 aliphatic carbocycles. The number of esters is 1. The summed E-state index contributed by atoms with van der Waals surface area (Å²) >= 11 is 12.4. The first-order chi connectivity index (χ1) is 13.1. The molecule has 3 aromatic rings. The third kappa shape index (κ3) is 3.86. The summed E-state index contributed by atoms with van der Waals surface area (Å²) in [5.74, 6) is -0.109. The zero-order valence-corrected chi connectivity index (χ0v) is 16.0. The molecule has 0 aliphatic rings. The standard InChI is InChI=1S/C19H16Cl2N4O2/c1-2-27-19(26)17-16(11-23-22)25(13-9-7-12(20)8-10-13)18(24-17)14-5-3-4-6-15(14)21/h3-10,22H,2,11H2,1H3. The van der Waals surface area contributed by atoms with E-state index >= 15 is 0 Å². The lowest BCUT2D eigenvalue weighted by Crippen LogP contribution is -2.10. The van der Waals surface area contributed by atoms with Gasteiger partial charge in [0.15, 0.2) is 5.69 Å². The molecule has 0 atom stereocenters. The highest BCUT2D eigenvalue weighted by atomic mass is 35.5. The van der Waals surface area contributed by atoms with Crippen molar-refractivity contribution >= 4 is 29.2 Å². The van der Waals surface area contributed by atoms with E-state index in [0.29, 0.717) is 27.1 Å². The van der Waals surface area contributed by atoms with Gasteiger partial charge in [-0.15, -0.1) is 0 Å². The van der Waals surface area contributed by atoms with E-state index in [9.17, 15) is 4.79 Å². The van der Waals surface area contributed by atoms with Gasteiger partial charge in [-0.05, 0) is 43.3 Å². The highest BCUT2D eigenvalue weighted by molar-refractivity contribution is 6.33. The van der Waals surface area contributed by atoms with Gasteiger partial charge in [0.2, 0.25) is 0 Å². The first-order valence-corrected chi connectivity index (χ1v) is 8.95. The Morgan fingerprint density at radius 2 is 1.89 bits per heavy atom. The average Bonchev–Trinajstić information content (AvgIpc) is 3.02. The largest absolute Gasteiger partial charge is 0.461 e. The number of carbonyl (C=O) groups excluding carboxylic acids is 1. The summed E-state index contributed by atoms with van der Waals surface area (Å²) in [6.07, 6.45) is 0. The molecule has 0 radical (unpaired) electrons. The van der Waals surface area contributed by atoms with Gasteiger partial charge in [-0.2, -0.15) is 5.11 Å². The number of imidazole rings is 1. The molecule has 2 aromatic carbocycles. The van der Waals surface area contributed by atoms with Crippen LogP contribution < -0.4 is 0 Å². The molecule has 0 saturated heterocycles. The highest BCUT2D eigenvalue weighted by Crippen LogP contribution is 2.32. The van der Waals surface area contributed by atoms with Crippen LogP contribution >= 0.6 is 23.2 Å². The number of aromatic nitrogens is 2. The third-order valence-electron chi connectivity index (χ3n) is 3.87. The Morgan fingerprint density at radius 3 is 2.52 bits per heavy atom. The van der Waals surface area contributed by atoms with Crippen molar-refractivity contribution in [2.45, 2.75) is 13.5 Å². The van der Waals surface area contributed by atoms with E-state index in [0.717, 1.165) is 5.69 Å². The van der Waals surface area contributed by atoms with E-state index in [1.165, 1.54) is 0 Å². The maximum absolute atomic E-state index is 12.5. The fourth-order valence-electron chi connectivity index (χ4n) is 2.73. The molecule has 0 unspecified atom stereocenters. The Balaban J connectivity index is 2.32. The van der Waals surface area contributed by atoms with E-state index in [4.69, 9.17) is 33.5 Å². The topological polar surface area (TPSA) is 80.3 Å². The molecular weight excluding hydrogens is 387 g/mol. The van der Waals surface area contributed by atoms with Crippen LogP contribution in [0.15, 0.2) is 53.6 Å². The van der Waals surface area contributed by atoms with Crippen molar-refractivity contribution in [3.05, 3.63) is 70.0 Å². The molecule has 0 amide bonds. The van der Waals surface area contributed by atoms with Crippen LogP contribution in [0, 0.1) is 5.53 Å². The van der Waals surface area contributed by atoms with Crippen molar-refractivity contribution in [3.8, 4) is 17.1 Å². The number of rotatable bonds is 6. The van der Waals surface area contributed by atoms with E-state index in [-0.39, 0.29) is 18.8 Å². The lowest BCUT2D eigenvalue weighted by Gasteiger charge is -2.12. The van der Waals surface area contributed by atoms with Crippen LogP contribution in [0.4, 0.5) is 0 Å². The van der Waals surface area contributed by atoms with Gasteiger partial charge < -0.3 is 4.74 Å². The molecule has 8 heteroatoms. The summed E-state index contributed by atoms with van der Waals surface area (Å²) < 4.78 is 6.88. The third-order valence-corrected chi connectivity index (χ3v) is 4.45. The normalized spacial score (nSPS) is 10.6. The molecule has 1 heterocycles. The number of nitrogens with one attached hydrogen (secondary N) is 1. The molecule has 3 rings (SSSR count). The Kier molecular flexibility index (Phi) is 5.88. The number of nitrogens with zero attached hydrogens (tertiary/aromatic N) is 3. The van der Waals surface area contributed by atoms with Crippen molar-refractivity contribution in [1.82, 2.24) is 9.55 Å². The van der Waals surface area contributed by atoms with Crippen LogP contribution in [0.1, 0.15) is 23.1 Å². The lowest BCUT2D eigenvalue weighted by molar-refractivity contribution is 0.0518. The first-order valence-electron chi connectivity index (χ1n) is 8.19. The molecule has 0 fully saturated rings. The van der Waals surface area contributed by atoms with Gasteiger partial charge >= 0.3 is 5.97 Å². The molecule has 1 N–H and O–H groups in total. The number of benzene rings is 2. The van der Waals surface area contributed by atoms with Crippen LogP contribution in [-0.2, 0) is 11.3 Å². The molecule has 0 bridgehead atoms. The second-order valence-corrected chi connectivity index (χ2v) is 6.40. The van der Waals surface area contributed by atoms with E-state index < -0.39 is 5.97 Å². The molecule has 0 spiro atoms. The smallest absolute Gasteiger partial charge is 0.358 e. The monoisotopic (exact) mass is 402 g/mol. The van der Waals surface area contributed by atoms with Crippen LogP contribution in [0.5, 0.6) is 0 Å². The molecule has 138 valence electrons. The first kappa shape index (κ1) is 19.1. The summed E-state index contributed by atoms with van der Waals surface area (Å²) in [4.78, 5) is 17.0. The fraction of sp³-hybridized carbons (Fsp3) is 0.158. The summed E-state index contributed by atoms with van der Waals surface area (Å²) in [6.45, 7) is 1.90. The van der Waals surface area contributed by atoms with Gasteiger partial charge in [0.1, 0.15) is 12.4 Å². The summed E-state index contributed by atoms with van der Waals surface area (Å²) in [5, 5.41) is 4.53. The zero-order chi connectivity index (χ0) is 19.4. The SMILES string of the molecule is CCOC(=O)c1nc(-c2ccccc2Cl)n(-c2ccc(Cl)cc2)c1CN=N. The predicted molar refractivity (Wildman–Crippen MR) is 104 cm³/mol. The Labute approximate surface area is 166 Å². The highest BCUT2D eigenvalue weighted by Gasteiger charge is 2.25. The quantitative estimate of drug-likeness (QED) is 0.433. The maximum Gasteiger partial charge on any atom is 0.358 e. The maximum atomic E-state index is 12.5. The minimum atomic E-state index is -0.572. The minimum Gasteiger partial charge on any atom is -0.461 e. The van der Waals surface area contributed by atoms with Crippen molar-refractivity contribution in [3.63, 3.8) is 0 Å². The molecular formula is C19H16Cl2N4O2. The number of hydrogen-bond donors (Lipinski definition) is 1. The van der Waals surface area contributed by atoms with Crippen molar-refractivity contribution < 1.29 is 9.53 Å². The number of hydrogen-bond acceptors (Lipinski definition) is 5. The van der Waals surface area contributed by atoms with Gasteiger partial charge in [-0.1, -0.05) is 35.3 Å². The Hall–Kier alpha value is -2.70. The Bertz CT molecular complexity index is 984. The summed E-state index contributed by atoms with van der Waals surface area (Å²) in [5.41, 5.74) is 9.24. The second kappa shape index (κ2) is 8.33. The van der Waals surface area contributed by atoms with Crippen molar-refractivity contribution in [1.29, 1.82) is 5.53 Å². The van der Waals surface area contributed by atoms with Gasteiger partial charge in [0, 0.05) is 16.3 Å². The molecule has 1 aromatic heterocycles. The lowest BCUT2D eigenvalue weighted by atomic mass is 10.2. The fourth-order valence-corrected chi connectivity index (χ4v) is 3.08. The summed E-state index contributed by atoms with van der Waals surface area (Å²) in [7, 11) is 0. The summed E-state index contributed by atoms with van der Waals surface area (Å²) in [6, 6.07) is 14.3. The number of carbonyl (C=O) groups is 1. The predicted octanol–water partition coefficient (Wildman–Crippen LogP) is 5.55. The van der Waals surface area contributed by atoms with E-state index in [1.54, 1.807) is 41.8 Å². The van der Waals surface area contributed by atoms with Crippen LogP contribution in [0.25, 0.3) is 17.1 Å². The van der Waals surface area contributed by atoms with Gasteiger partial charge in [-0.3, -0.25) is 4.57 Å². The molecule has 27 heavy (non-hydrogen) atoms. The molecule has 0 saturated carbocycles. The number of halogens is 2. The minimum absolute atomic E-state index is 0.0335. The Morgan fingerprint density at radius 1 is 1.19 bits per heavy atom.